The smallest absolute Gasteiger partial charge is 0.318 e. The van der Waals surface area contributed by atoms with Gasteiger partial charge in [-0.25, -0.2) is 4.79 Å². The molecular formula is C18H31ClN2O2. The van der Waals surface area contributed by atoms with Gasteiger partial charge in [-0.1, -0.05) is 6.92 Å². The third-order valence-electron chi connectivity index (χ3n) is 6.43. The SMILES string of the molecule is COC(C)(C)C1CC(NC(=O)N2C3CC(C)C[C@@H]2C3)CCC1Cl. The lowest BCUT2D eigenvalue weighted by Crippen LogP contribution is -2.66. The number of urea groups is 1. The molecule has 3 rings (SSSR count). The molecule has 1 saturated carbocycles. The Labute approximate surface area is 145 Å². The summed E-state index contributed by atoms with van der Waals surface area (Å²) in [5.41, 5.74) is -0.251. The zero-order valence-electron chi connectivity index (χ0n) is 14.8. The number of nitrogens with one attached hydrogen (secondary N) is 1. The average Bonchev–Trinajstić information content (AvgIpc) is 2.48. The summed E-state index contributed by atoms with van der Waals surface area (Å²) in [6, 6.07) is 1.31. The predicted octanol–water partition coefficient (Wildman–Crippen LogP) is 3.77. The quantitative estimate of drug-likeness (QED) is 0.793. The first-order valence-electron chi connectivity index (χ1n) is 9.10. The first-order valence-corrected chi connectivity index (χ1v) is 9.53. The molecule has 23 heavy (non-hydrogen) atoms. The Balaban J connectivity index is 1.57. The molecule has 2 aliphatic heterocycles. The van der Waals surface area contributed by atoms with Crippen molar-refractivity contribution in [3.05, 3.63) is 0 Å². The van der Waals surface area contributed by atoms with Crippen molar-refractivity contribution in [3.63, 3.8) is 0 Å². The first kappa shape index (κ1) is 17.3. The summed E-state index contributed by atoms with van der Waals surface area (Å²) in [6.07, 6.45) is 6.34. The number of carbonyl (C=O) groups is 1. The number of carbonyl (C=O) groups excluding carboxylic acids is 1. The van der Waals surface area contributed by atoms with E-state index in [1.807, 2.05) is 0 Å². The first-order chi connectivity index (χ1) is 10.8. The summed E-state index contributed by atoms with van der Waals surface area (Å²) in [4.78, 5) is 14.8. The molecule has 1 aliphatic carbocycles. The van der Waals surface area contributed by atoms with E-state index in [0.29, 0.717) is 12.1 Å². The number of nitrogens with zero attached hydrogens (tertiary/aromatic N) is 1. The predicted molar refractivity (Wildman–Crippen MR) is 92.8 cm³/mol. The summed E-state index contributed by atoms with van der Waals surface area (Å²) in [7, 11) is 1.74. The maximum Gasteiger partial charge on any atom is 0.318 e. The Bertz CT molecular complexity index is 444. The van der Waals surface area contributed by atoms with Crippen LogP contribution in [0.3, 0.4) is 0 Å². The molecule has 0 radical (unpaired) electrons. The van der Waals surface area contributed by atoms with Crippen LogP contribution >= 0.6 is 11.6 Å². The molecule has 0 spiro atoms. The average molecular weight is 343 g/mol. The Morgan fingerprint density at radius 1 is 1.17 bits per heavy atom. The van der Waals surface area contributed by atoms with Crippen LogP contribution in [0.5, 0.6) is 0 Å². The fraction of sp³-hybridized carbons (Fsp3) is 0.944. The van der Waals surface area contributed by atoms with Gasteiger partial charge in [0.05, 0.1) is 5.60 Å². The van der Waals surface area contributed by atoms with Crippen molar-refractivity contribution in [2.45, 2.75) is 88.4 Å². The Kier molecular flexibility index (Phi) is 4.85. The Hall–Kier alpha value is -0.480. The van der Waals surface area contributed by atoms with Gasteiger partial charge in [-0.15, -0.1) is 11.6 Å². The van der Waals surface area contributed by atoms with Crippen molar-refractivity contribution in [1.82, 2.24) is 10.2 Å². The van der Waals surface area contributed by atoms with Gasteiger partial charge in [0.1, 0.15) is 0 Å². The van der Waals surface area contributed by atoms with E-state index < -0.39 is 0 Å². The summed E-state index contributed by atoms with van der Waals surface area (Å²) >= 11 is 6.54. The molecule has 0 aromatic carbocycles. The van der Waals surface area contributed by atoms with Crippen molar-refractivity contribution in [2.75, 3.05) is 7.11 Å². The number of ether oxygens (including phenoxy) is 1. The fourth-order valence-electron chi connectivity index (χ4n) is 4.86. The number of fused-ring (bicyclic) bond motifs is 2. The van der Waals surface area contributed by atoms with Gasteiger partial charge in [-0.3, -0.25) is 0 Å². The zero-order valence-corrected chi connectivity index (χ0v) is 15.6. The second-order valence-corrected chi connectivity index (χ2v) is 8.98. The fourth-order valence-corrected chi connectivity index (χ4v) is 5.39. The normalized spacial score (nSPS) is 40.5. The number of methoxy groups -OCH3 is 1. The highest BCUT2D eigenvalue weighted by molar-refractivity contribution is 6.20. The maximum atomic E-state index is 12.7. The highest BCUT2D eigenvalue weighted by Crippen LogP contribution is 2.42. The molecule has 0 aromatic rings. The molecule has 2 saturated heterocycles. The lowest BCUT2D eigenvalue weighted by atomic mass is 9.74. The minimum atomic E-state index is -0.251. The summed E-state index contributed by atoms with van der Waals surface area (Å²) in [6.45, 7) is 6.49. The van der Waals surface area contributed by atoms with Gasteiger partial charge < -0.3 is 15.0 Å². The van der Waals surface area contributed by atoms with Gasteiger partial charge in [0.25, 0.3) is 0 Å². The molecule has 3 aliphatic rings. The third-order valence-corrected chi connectivity index (χ3v) is 6.95. The molecule has 2 amide bonds. The molecule has 0 aromatic heterocycles. The lowest BCUT2D eigenvalue weighted by Gasteiger charge is -2.55. The number of amides is 2. The van der Waals surface area contributed by atoms with E-state index in [2.05, 4.69) is 31.0 Å². The van der Waals surface area contributed by atoms with E-state index in [-0.39, 0.29) is 29.0 Å². The molecular weight excluding hydrogens is 312 g/mol. The van der Waals surface area contributed by atoms with Crippen LogP contribution in [0.15, 0.2) is 0 Å². The monoisotopic (exact) mass is 342 g/mol. The maximum absolute atomic E-state index is 12.7. The van der Waals surface area contributed by atoms with Crippen LogP contribution in [0, 0.1) is 11.8 Å². The molecule has 1 N–H and O–H groups in total. The minimum Gasteiger partial charge on any atom is -0.378 e. The standard InChI is InChI=1S/C18H31ClN2O2/c1-11-7-13-10-14(8-11)21(13)17(22)20-12-5-6-16(19)15(9-12)18(2,3)23-4/h11-16H,5-10H2,1-4H3,(H,20,22)/t11?,12?,13-,14?,15?,16?/m1/s1. The van der Waals surface area contributed by atoms with Gasteiger partial charge in [0.2, 0.25) is 0 Å². The largest absolute Gasteiger partial charge is 0.378 e. The number of alkyl halides is 1. The number of hydrogen-bond donors (Lipinski definition) is 1. The van der Waals surface area contributed by atoms with Gasteiger partial charge in [0, 0.05) is 36.5 Å². The van der Waals surface area contributed by atoms with E-state index in [1.165, 1.54) is 6.42 Å². The molecule has 3 fully saturated rings. The molecule has 5 heteroatoms. The minimum absolute atomic E-state index is 0.127. The molecule has 6 atom stereocenters. The Morgan fingerprint density at radius 3 is 2.43 bits per heavy atom. The van der Waals surface area contributed by atoms with Crippen molar-refractivity contribution in [3.8, 4) is 0 Å². The number of halogens is 1. The topological polar surface area (TPSA) is 41.6 Å². The van der Waals surface area contributed by atoms with Gasteiger partial charge in [0.15, 0.2) is 0 Å². The summed E-state index contributed by atoms with van der Waals surface area (Å²) in [5.74, 6) is 1.03. The van der Waals surface area contributed by atoms with E-state index in [1.54, 1.807) is 7.11 Å². The summed E-state index contributed by atoms with van der Waals surface area (Å²) < 4.78 is 5.65. The van der Waals surface area contributed by atoms with E-state index in [4.69, 9.17) is 16.3 Å². The summed E-state index contributed by atoms with van der Waals surface area (Å²) in [5, 5.41) is 3.41. The third kappa shape index (κ3) is 3.34. The molecule has 5 unspecified atom stereocenters. The second-order valence-electron chi connectivity index (χ2n) is 8.42. The van der Waals surface area contributed by atoms with Gasteiger partial charge in [-0.2, -0.15) is 0 Å². The van der Waals surface area contributed by atoms with Crippen molar-refractivity contribution >= 4 is 17.6 Å². The van der Waals surface area contributed by atoms with Crippen LogP contribution < -0.4 is 5.32 Å². The number of hydrogen-bond acceptors (Lipinski definition) is 2. The van der Waals surface area contributed by atoms with Crippen LogP contribution in [-0.2, 0) is 4.74 Å². The zero-order chi connectivity index (χ0) is 16.8. The van der Waals surface area contributed by atoms with E-state index in [0.717, 1.165) is 38.0 Å². The highest BCUT2D eigenvalue weighted by atomic mass is 35.5. The second kappa shape index (κ2) is 6.44. The van der Waals surface area contributed by atoms with E-state index >= 15 is 0 Å². The van der Waals surface area contributed by atoms with Gasteiger partial charge in [-0.05, 0) is 58.3 Å². The van der Waals surface area contributed by atoms with Crippen LogP contribution in [-0.4, -0.2) is 47.1 Å². The van der Waals surface area contributed by atoms with Crippen molar-refractivity contribution in [1.29, 1.82) is 0 Å². The molecule has 2 heterocycles. The van der Waals surface area contributed by atoms with E-state index in [9.17, 15) is 4.79 Å². The lowest BCUT2D eigenvalue weighted by molar-refractivity contribution is -0.0436. The van der Waals surface area contributed by atoms with Crippen LogP contribution in [0.4, 0.5) is 4.79 Å². The number of rotatable bonds is 3. The Morgan fingerprint density at radius 2 is 1.83 bits per heavy atom. The van der Waals surface area contributed by atoms with Crippen molar-refractivity contribution in [2.24, 2.45) is 11.8 Å². The van der Waals surface area contributed by atoms with Crippen LogP contribution in [0.25, 0.3) is 0 Å². The van der Waals surface area contributed by atoms with Crippen molar-refractivity contribution < 1.29 is 9.53 Å². The number of piperidine rings is 1. The van der Waals surface area contributed by atoms with Crippen LogP contribution in [0.1, 0.15) is 59.3 Å². The molecule has 4 nitrogen and oxygen atoms in total. The van der Waals surface area contributed by atoms with Gasteiger partial charge >= 0.3 is 6.03 Å². The highest BCUT2D eigenvalue weighted by Gasteiger charge is 2.47. The molecule has 2 bridgehead atoms. The van der Waals surface area contributed by atoms with Crippen LogP contribution in [0.2, 0.25) is 0 Å². The molecule has 132 valence electrons.